The van der Waals surface area contributed by atoms with E-state index in [1.807, 2.05) is 33.8 Å². The molecule has 23 heavy (non-hydrogen) atoms. The molecule has 3 nitrogen and oxygen atoms in total. The van der Waals surface area contributed by atoms with Crippen molar-refractivity contribution in [3.05, 3.63) is 59.8 Å². The highest BCUT2D eigenvalue weighted by atomic mass is 19.1. The van der Waals surface area contributed by atoms with Crippen LogP contribution in [0.2, 0.25) is 0 Å². The molecule has 1 aliphatic rings. The first-order valence-electron chi connectivity index (χ1n) is 7.90. The zero-order valence-corrected chi connectivity index (χ0v) is 14.4. The zero-order chi connectivity index (χ0) is 17.6. The third-order valence-electron chi connectivity index (χ3n) is 3.39. The number of hydrogen-bond donors (Lipinski definition) is 1. The molecule has 0 aromatic heterocycles. The Kier molecular flexibility index (Phi) is 7.04. The summed E-state index contributed by atoms with van der Waals surface area (Å²) in [6.07, 6.45) is 1.73. The van der Waals surface area contributed by atoms with Crippen LogP contribution in [0.1, 0.15) is 31.9 Å². The fourth-order valence-electron chi connectivity index (χ4n) is 2.48. The summed E-state index contributed by atoms with van der Waals surface area (Å²) in [6.45, 7) is 16.4. The van der Waals surface area contributed by atoms with Crippen molar-refractivity contribution in [2.45, 2.75) is 27.7 Å². The Morgan fingerprint density at radius 2 is 2.00 bits per heavy atom. The molecule has 0 aliphatic carbocycles. The van der Waals surface area contributed by atoms with Crippen molar-refractivity contribution in [3.63, 3.8) is 0 Å². The Balaban J connectivity index is 0.00000127. The van der Waals surface area contributed by atoms with Gasteiger partial charge in [0.25, 0.3) is 0 Å². The lowest BCUT2D eigenvalue weighted by Crippen LogP contribution is -2.26. The molecule has 1 N–H and O–H groups in total. The second-order valence-electron chi connectivity index (χ2n) is 4.94. The van der Waals surface area contributed by atoms with Gasteiger partial charge in [-0.2, -0.15) is 0 Å². The molecule has 0 fully saturated rings. The van der Waals surface area contributed by atoms with Gasteiger partial charge in [0, 0.05) is 23.9 Å². The van der Waals surface area contributed by atoms with Crippen LogP contribution in [0.25, 0.3) is 5.57 Å². The lowest BCUT2D eigenvalue weighted by Gasteiger charge is -2.31. The summed E-state index contributed by atoms with van der Waals surface area (Å²) in [5, 5.41) is 9.21. The smallest absolute Gasteiger partial charge is 0.147 e. The van der Waals surface area contributed by atoms with E-state index in [0.29, 0.717) is 35.7 Å². The zero-order valence-electron chi connectivity index (χ0n) is 14.4. The minimum atomic E-state index is -0.322. The van der Waals surface area contributed by atoms with Gasteiger partial charge in [-0.1, -0.05) is 27.0 Å². The van der Waals surface area contributed by atoms with Crippen LogP contribution in [-0.4, -0.2) is 24.9 Å². The Hall–Kier alpha value is -2.07. The monoisotopic (exact) mass is 319 g/mol. The van der Waals surface area contributed by atoms with Crippen molar-refractivity contribution in [2.75, 3.05) is 24.7 Å². The number of β-amino-alcohol motifs (C(OH)–C–C–N with tert-alkyl or cyclic N) is 1. The van der Waals surface area contributed by atoms with Crippen molar-refractivity contribution >= 4 is 11.3 Å². The number of aliphatic hydroxyl groups excluding tert-OH is 1. The molecule has 126 valence electrons. The standard InChI is InChI=1S/C17H20FNO2.C2H6/c1-5-21-13(4)15-10-19(6-7-20)17-14(12(15)3)8-11(2)9-16(17)18;1-2/h8-10,20H,3-7H2,1-2H3;1-2H3. The van der Waals surface area contributed by atoms with E-state index < -0.39 is 0 Å². The van der Waals surface area contributed by atoms with Crippen molar-refractivity contribution in [1.82, 2.24) is 0 Å². The van der Waals surface area contributed by atoms with Gasteiger partial charge < -0.3 is 14.7 Å². The average Bonchev–Trinajstić information content (AvgIpc) is 2.52. The van der Waals surface area contributed by atoms with Gasteiger partial charge in [0.2, 0.25) is 0 Å². The summed E-state index contributed by atoms with van der Waals surface area (Å²) in [5.74, 6) is 0.176. The van der Waals surface area contributed by atoms with Crippen molar-refractivity contribution in [1.29, 1.82) is 0 Å². The quantitative estimate of drug-likeness (QED) is 0.816. The summed E-state index contributed by atoms with van der Waals surface area (Å²) in [5.41, 5.74) is 3.37. The van der Waals surface area contributed by atoms with Crippen LogP contribution in [0.15, 0.2) is 42.8 Å². The second kappa shape index (κ2) is 8.53. The molecule has 0 radical (unpaired) electrons. The number of allylic oxidation sites excluding steroid dienone is 1. The molecule has 1 aromatic rings. The third kappa shape index (κ3) is 4.02. The molecule has 0 amide bonds. The van der Waals surface area contributed by atoms with Crippen LogP contribution in [-0.2, 0) is 4.74 Å². The number of hydrogen-bond acceptors (Lipinski definition) is 3. The van der Waals surface area contributed by atoms with Crippen LogP contribution < -0.4 is 4.90 Å². The SMILES string of the molecule is C=C(OCC)C1=CN(CCO)c2c(F)cc(C)cc2C1=C.CC. The van der Waals surface area contributed by atoms with Crippen LogP contribution in [0.5, 0.6) is 0 Å². The number of rotatable bonds is 5. The first-order valence-corrected chi connectivity index (χ1v) is 7.90. The lowest BCUT2D eigenvalue weighted by molar-refractivity contribution is 0.241. The number of benzene rings is 1. The van der Waals surface area contributed by atoms with E-state index in [2.05, 4.69) is 13.2 Å². The average molecular weight is 319 g/mol. The second-order valence-corrected chi connectivity index (χ2v) is 4.94. The van der Waals surface area contributed by atoms with Gasteiger partial charge in [-0.3, -0.25) is 0 Å². The normalized spacial score (nSPS) is 12.9. The molecule has 1 heterocycles. The van der Waals surface area contributed by atoms with E-state index in [1.165, 1.54) is 6.07 Å². The van der Waals surface area contributed by atoms with Gasteiger partial charge in [-0.25, -0.2) is 4.39 Å². The van der Waals surface area contributed by atoms with Gasteiger partial charge in [0.05, 0.1) is 18.9 Å². The van der Waals surface area contributed by atoms with Crippen LogP contribution in [0, 0.1) is 12.7 Å². The predicted octanol–water partition coefficient (Wildman–Crippen LogP) is 4.42. The van der Waals surface area contributed by atoms with Gasteiger partial charge in [-0.15, -0.1) is 0 Å². The fraction of sp³-hybridized carbons (Fsp3) is 0.368. The van der Waals surface area contributed by atoms with Crippen LogP contribution >= 0.6 is 0 Å². The molecule has 0 unspecified atom stereocenters. The summed E-state index contributed by atoms with van der Waals surface area (Å²) in [6, 6.07) is 3.37. The Labute approximate surface area is 138 Å². The number of fused-ring (bicyclic) bond motifs is 1. The molecular weight excluding hydrogens is 293 g/mol. The summed E-state index contributed by atoms with van der Waals surface area (Å²) in [4.78, 5) is 1.68. The molecule has 0 saturated heterocycles. The maximum Gasteiger partial charge on any atom is 0.147 e. The number of aryl methyl sites for hydroxylation is 1. The highest BCUT2D eigenvalue weighted by molar-refractivity contribution is 5.91. The highest BCUT2D eigenvalue weighted by Crippen LogP contribution is 2.40. The number of ether oxygens (including phenoxy) is 1. The maximum absolute atomic E-state index is 14.3. The first kappa shape index (κ1) is 19.0. The van der Waals surface area contributed by atoms with E-state index in [1.54, 1.807) is 11.1 Å². The number of nitrogens with zero attached hydrogens (tertiary/aromatic N) is 1. The van der Waals surface area contributed by atoms with Crippen LogP contribution in [0.4, 0.5) is 10.1 Å². The minimum Gasteiger partial charge on any atom is -0.494 e. The Morgan fingerprint density at radius 3 is 2.57 bits per heavy atom. The van der Waals surface area contributed by atoms with E-state index in [4.69, 9.17) is 4.74 Å². The third-order valence-corrected chi connectivity index (χ3v) is 3.39. The van der Waals surface area contributed by atoms with Gasteiger partial charge in [-0.05, 0) is 37.1 Å². The van der Waals surface area contributed by atoms with Gasteiger partial charge in [0.15, 0.2) is 0 Å². The molecule has 1 aliphatic heterocycles. The Morgan fingerprint density at radius 1 is 1.35 bits per heavy atom. The lowest BCUT2D eigenvalue weighted by atomic mass is 9.92. The summed E-state index contributed by atoms with van der Waals surface area (Å²) < 4.78 is 19.8. The molecular formula is C19H26FNO2. The van der Waals surface area contributed by atoms with Crippen molar-refractivity contribution in [3.8, 4) is 0 Å². The van der Waals surface area contributed by atoms with E-state index in [-0.39, 0.29) is 12.4 Å². The van der Waals surface area contributed by atoms with Crippen LogP contribution in [0.3, 0.4) is 0 Å². The first-order chi connectivity index (χ1) is 11.0. The predicted molar refractivity (Wildman–Crippen MR) is 94.8 cm³/mol. The molecule has 4 heteroatoms. The molecule has 1 aromatic carbocycles. The van der Waals surface area contributed by atoms with Gasteiger partial charge in [0.1, 0.15) is 11.6 Å². The highest BCUT2D eigenvalue weighted by Gasteiger charge is 2.26. The van der Waals surface area contributed by atoms with E-state index >= 15 is 0 Å². The molecule has 0 atom stereocenters. The molecule has 0 spiro atoms. The minimum absolute atomic E-state index is 0.0792. The number of halogens is 1. The topological polar surface area (TPSA) is 32.7 Å². The van der Waals surface area contributed by atoms with Gasteiger partial charge >= 0.3 is 0 Å². The number of aliphatic hydroxyl groups is 1. The van der Waals surface area contributed by atoms with E-state index in [0.717, 1.165) is 11.1 Å². The summed E-state index contributed by atoms with van der Waals surface area (Å²) in [7, 11) is 0. The van der Waals surface area contributed by atoms with E-state index in [9.17, 15) is 9.50 Å². The summed E-state index contributed by atoms with van der Waals surface area (Å²) >= 11 is 0. The molecule has 0 saturated carbocycles. The Bertz CT molecular complexity index is 620. The van der Waals surface area contributed by atoms with Crippen molar-refractivity contribution in [2.24, 2.45) is 0 Å². The molecule has 2 rings (SSSR count). The largest absolute Gasteiger partial charge is 0.494 e. The number of anilines is 1. The fourth-order valence-corrected chi connectivity index (χ4v) is 2.48. The maximum atomic E-state index is 14.3. The van der Waals surface area contributed by atoms with Crippen molar-refractivity contribution < 1.29 is 14.2 Å². The molecule has 0 bridgehead atoms.